The van der Waals surface area contributed by atoms with Gasteiger partial charge in [-0.05, 0) is 60.6 Å². The minimum atomic E-state index is -0.164. The van der Waals surface area contributed by atoms with E-state index < -0.39 is 0 Å². The van der Waals surface area contributed by atoms with Crippen molar-refractivity contribution in [2.75, 3.05) is 13.1 Å². The molecule has 25 heavy (non-hydrogen) atoms. The van der Waals surface area contributed by atoms with Crippen molar-refractivity contribution in [3.63, 3.8) is 0 Å². The first-order valence-corrected chi connectivity index (χ1v) is 9.40. The van der Waals surface area contributed by atoms with E-state index in [0.717, 1.165) is 24.8 Å². The molecule has 1 aromatic carbocycles. The lowest BCUT2D eigenvalue weighted by molar-refractivity contribution is -0.131. The van der Waals surface area contributed by atoms with Gasteiger partial charge in [-0.15, -0.1) is 11.3 Å². The number of aromatic hydroxyl groups is 1. The molecule has 0 bridgehead atoms. The van der Waals surface area contributed by atoms with Gasteiger partial charge in [0.25, 0.3) is 5.91 Å². The largest absolute Gasteiger partial charge is 0.508 e. The minimum Gasteiger partial charge on any atom is -0.508 e. The first-order valence-electron chi connectivity index (χ1n) is 8.58. The second kappa shape index (κ2) is 6.52. The van der Waals surface area contributed by atoms with Gasteiger partial charge in [-0.25, -0.2) is 0 Å². The van der Waals surface area contributed by atoms with Crippen molar-refractivity contribution < 1.29 is 14.7 Å². The number of amides is 2. The molecular weight excluding hydrogens is 336 g/mol. The molecule has 1 aliphatic carbocycles. The number of carbonyl (C=O) groups excluding carboxylic acids is 2. The number of aryl methyl sites for hydroxylation is 2. The zero-order chi connectivity index (χ0) is 17.4. The van der Waals surface area contributed by atoms with E-state index in [0.29, 0.717) is 18.0 Å². The molecule has 0 radical (unpaired) electrons. The lowest BCUT2D eigenvalue weighted by atomic mass is 9.99. The van der Waals surface area contributed by atoms with E-state index in [2.05, 4.69) is 5.32 Å². The highest BCUT2D eigenvalue weighted by Gasteiger charge is 2.22. The molecule has 6 heteroatoms. The molecular formula is C19H20N2O3S. The Hall–Kier alpha value is -2.34. The summed E-state index contributed by atoms with van der Waals surface area (Å²) in [7, 11) is 0. The van der Waals surface area contributed by atoms with E-state index in [4.69, 9.17) is 0 Å². The van der Waals surface area contributed by atoms with E-state index in [1.165, 1.54) is 22.4 Å². The molecule has 130 valence electrons. The van der Waals surface area contributed by atoms with Crippen molar-refractivity contribution in [3.8, 4) is 5.75 Å². The second-order valence-corrected chi connectivity index (χ2v) is 7.75. The van der Waals surface area contributed by atoms with Crippen molar-refractivity contribution in [1.82, 2.24) is 10.2 Å². The van der Waals surface area contributed by atoms with Gasteiger partial charge in [-0.3, -0.25) is 9.59 Å². The molecule has 0 saturated carbocycles. The molecule has 5 nitrogen and oxygen atoms in total. The minimum absolute atomic E-state index is 0.00947. The first-order chi connectivity index (χ1) is 12.1. The number of hydrogen-bond acceptors (Lipinski definition) is 4. The number of carbonyl (C=O) groups is 2. The summed E-state index contributed by atoms with van der Waals surface area (Å²) in [4.78, 5) is 28.4. The van der Waals surface area contributed by atoms with Gasteiger partial charge in [0.05, 0.1) is 11.4 Å². The summed E-state index contributed by atoms with van der Waals surface area (Å²) in [6.07, 6.45) is 4.06. The Morgan fingerprint density at radius 3 is 2.84 bits per heavy atom. The molecule has 2 aliphatic rings. The van der Waals surface area contributed by atoms with E-state index in [9.17, 15) is 14.7 Å². The summed E-state index contributed by atoms with van der Waals surface area (Å²) in [6, 6.07) is 7.26. The monoisotopic (exact) mass is 356 g/mol. The van der Waals surface area contributed by atoms with Crippen LogP contribution in [0.1, 0.15) is 37.7 Å². The van der Waals surface area contributed by atoms with Crippen LogP contribution in [-0.4, -0.2) is 34.9 Å². The van der Waals surface area contributed by atoms with Gasteiger partial charge < -0.3 is 15.3 Å². The summed E-state index contributed by atoms with van der Waals surface area (Å²) in [6.45, 7) is 1.13. The lowest BCUT2D eigenvalue weighted by Crippen LogP contribution is -2.42. The molecule has 2 amide bonds. The predicted octanol–water partition coefficient (Wildman–Crippen LogP) is 2.26. The average Bonchev–Trinajstić information content (AvgIpc) is 3.20. The highest BCUT2D eigenvalue weighted by molar-refractivity contribution is 7.14. The van der Waals surface area contributed by atoms with Gasteiger partial charge in [0, 0.05) is 18.0 Å². The molecule has 2 N–H and O–H groups in total. The molecule has 0 fully saturated rings. The number of rotatable bonds is 3. The highest BCUT2D eigenvalue weighted by atomic mass is 32.1. The number of nitrogens with one attached hydrogen (secondary N) is 1. The number of phenols is 1. The predicted molar refractivity (Wildman–Crippen MR) is 95.9 cm³/mol. The zero-order valence-electron chi connectivity index (χ0n) is 13.9. The molecule has 0 saturated heterocycles. The molecule has 0 spiro atoms. The third-order valence-electron chi connectivity index (χ3n) is 4.93. The van der Waals surface area contributed by atoms with Gasteiger partial charge >= 0.3 is 0 Å². The van der Waals surface area contributed by atoms with Crippen LogP contribution in [-0.2, 0) is 30.6 Å². The van der Waals surface area contributed by atoms with Crippen LogP contribution in [0.5, 0.6) is 5.75 Å². The first kappa shape index (κ1) is 16.1. The van der Waals surface area contributed by atoms with Crippen LogP contribution >= 0.6 is 11.3 Å². The molecule has 1 aliphatic heterocycles. The molecule has 0 atom stereocenters. The zero-order valence-corrected chi connectivity index (χ0v) is 14.7. The molecule has 1 aromatic heterocycles. The maximum absolute atomic E-state index is 12.4. The number of thiophene rings is 1. The van der Waals surface area contributed by atoms with Gasteiger partial charge in [0.2, 0.25) is 5.91 Å². The number of fused-ring (bicyclic) bond motifs is 2. The second-order valence-electron chi connectivity index (χ2n) is 6.61. The molecule has 2 aromatic rings. The molecule has 0 unspecified atom stereocenters. The number of hydrogen-bond donors (Lipinski definition) is 2. The van der Waals surface area contributed by atoms with E-state index in [1.807, 2.05) is 12.1 Å². The number of phenolic OH excluding ortho intramolecular Hbond substituents is 1. The normalized spacial score (nSPS) is 15.6. The maximum atomic E-state index is 12.4. The Balaban J connectivity index is 1.35. The summed E-state index contributed by atoms with van der Waals surface area (Å²) in [5, 5.41) is 12.4. The van der Waals surface area contributed by atoms with E-state index >= 15 is 0 Å². The van der Waals surface area contributed by atoms with Crippen molar-refractivity contribution >= 4 is 23.2 Å². The van der Waals surface area contributed by atoms with Crippen LogP contribution < -0.4 is 5.32 Å². The van der Waals surface area contributed by atoms with Gasteiger partial charge in [0.15, 0.2) is 0 Å². The van der Waals surface area contributed by atoms with E-state index in [1.54, 1.807) is 28.4 Å². The standard InChI is InChI=1S/C19H20N2O3S/c22-15-5-4-12-6-7-21(11-14(12)8-15)18(23)10-20-19(24)17-9-13-2-1-3-16(13)25-17/h4-5,8-9,22H,1-3,6-7,10-11H2,(H,20,24). The smallest absolute Gasteiger partial charge is 0.261 e. The summed E-state index contributed by atoms with van der Waals surface area (Å²) >= 11 is 1.54. The van der Waals surface area contributed by atoms with Crippen LogP contribution in [0, 0.1) is 0 Å². The van der Waals surface area contributed by atoms with Crippen LogP contribution in [0.3, 0.4) is 0 Å². The summed E-state index contributed by atoms with van der Waals surface area (Å²) in [5.74, 6) is -0.0404. The third-order valence-corrected chi connectivity index (χ3v) is 6.16. The van der Waals surface area contributed by atoms with Crippen LogP contribution in [0.15, 0.2) is 24.3 Å². The summed E-state index contributed by atoms with van der Waals surface area (Å²) < 4.78 is 0. The fourth-order valence-corrected chi connectivity index (χ4v) is 4.72. The average molecular weight is 356 g/mol. The lowest BCUT2D eigenvalue weighted by Gasteiger charge is -2.29. The van der Waals surface area contributed by atoms with Crippen molar-refractivity contribution in [2.45, 2.75) is 32.2 Å². The fraction of sp³-hybridized carbons (Fsp3) is 0.368. The Morgan fingerprint density at radius 1 is 1.12 bits per heavy atom. The number of benzene rings is 1. The Labute approximate surface area is 150 Å². The number of nitrogens with zero attached hydrogens (tertiary/aromatic N) is 1. The topological polar surface area (TPSA) is 69.6 Å². The SMILES string of the molecule is O=C(NCC(=O)N1CCc2ccc(O)cc2C1)c1cc2c(s1)CCC2. The van der Waals surface area contributed by atoms with Gasteiger partial charge in [0.1, 0.15) is 5.75 Å². The maximum Gasteiger partial charge on any atom is 0.261 e. The Bertz CT molecular complexity index is 822. The third kappa shape index (κ3) is 3.26. The Kier molecular flexibility index (Phi) is 4.21. The summed E-state index contributed by atoms with van der Waals surface area (Å²) in [5.41, 5.74) is 3.42. The van der Waals surface area contributed by atoms with E-state index in [-0.39, 0.29) is 24.1 Å². The highest BCUT2D eigenvalue weighted by Crippen LogP contribution is 2.30. The van der Waals surface area contributed by atoms with Crippen molar-refractivity contribution in [2.24, 2.45) is 0 Å². The van der Waals surface area contributed by atoms with Crippen LogP contribution in [0.4, 0.5) is 0 Å². The van der Waals surface area contributed by atoms with Gasteiger partial charge in [-0.2, -0.15) is 0 Å². The van der Waals surface area contributed by atoms with Crippen molar-refractivity contribution in [3.05, 3.63) is 50.7 Å². The van der Waals surface area contributed by atoms with Crippen molar-refractivity contribution in [1.29, 1.82) is 0 Å². The quantitative estimate of drug-likeness (QED) is 0.886. The molecule has 4 rings (SSSR count). The van der Waals surface area contributed by atoms with Crippen LogP contribution in [0.2, 0.25) is 0 Å². The fourth-order valence-electron chi connectivity index (χ4n) is 3.55. The van der Waals surface area contributed by atoms with Crippen LogP contribution in [0.25, 0.3) is 0 Å². The Morgan fingerprint density at radius 2 is 2.00 bits per heavy atom. The van der Waals surface area contributed by atoms with Gasteiger partial charge in [-0.1, -0.05) is 6.07 Å². The molecule has 2 heterocycles.